The van der Waals surface area contributed by atoms with Crippen molar-refractivity contribution in [3.63, 3.8) is 0 Å². The van der Waals surface area contributed by atoms with Crippen molar-refractivity contribution in [3.05, 3.63) is 39.4 Å². The van der Waals surface area contributed by atoms with Crippen LogP contribution in [0.5, 0.6) is 0 Å². The average Bonchev–Trinajstić information content (AvgIpc) is 2.38. The van der Waals surface area contributed by atoms with Crippen LogP contribution < -0.4 is 11.5 Å². The lowest BCUT2D eigenvalue weighted by Crippen LogP contribution is -2.18. The van der Waals surface area contributed by atoms with Gasteiger partial charge in [-0.1, -0.05) is 0 Å². The van der Waals surface area contributed by atoms with Crippen molar-refractivity contribution in [2.45, 2.75) is 13.8 Å². The average molecular weight is 336 g/mol. The SMILES string of the molecule is CCN=C(N)c1cc(C(N)=NCC)cc([N+](=O)[O-])c1.Cl.Cl. The number of aliphatic imine (C=N–C) groups is 2. The summed E-state index contributed by atoms with van der Waals surface area (Å²) >= 11 is 0. The van der Waals surface area contributed by atoms with Gasteiger partial charge >= 0.3 is 0 Å². The number of nitro groups is 1. The second-order valence-corrected chi connectivity index (χ2v) is 3.74. The number of rotatable bonds is 5. The molecule has 0 aliphatic rings. The second-order valence-electron chi connectivity index (χ2n) is 3.74. The fourth-order valence-electron chi connectivity index (χ4n) is 1.54. The van der Waals surface area contributed by atoms with Gasteiger partial charge in [0.2, 0.25) is 0 Å². The summed E-state index contributed by atoms with van der Waals surface area (Å²) in [6.45, 7) is 4.67. The maximum absolute atomic E-state index is 10.9. The van der Waals surface area contributed by atoms with Crippen LogP contribution in [0.4, 0.5) is 5.69 Å². The highest BCUT2D eigenvalue weighted by atomic mass is 35.5. The summed E-state index contributed by atoms with van der Waals surface area (Å²) in [5.41, 5.74) is 12.4. The molecule has 0 saturated heterocycles. The minimum atomic E-state index is -0.495. The van der Waals surface area contributed by atoms with E-state index in [1.165, 1.54) is 12.1 Å². The standard InChI is InChI=1S/C12H17N5O2.2ClH/c1-3-15-11(13)8-5-9(12(14)16-4-2)7-10(6-8)17(18)19;;/h5-7H,3-4H2,1-2H3,(H2,13,15)(H2,14,16);2*1H. The number of non-ortho nitro benzene ring substituents is 1. The third-order valence-electron chi connectivity index (χ3n) is 2.38. The van der Waals surface area contributed by atoms with Gasteiger partial charge in [-0.15, -0.1) is 24.8 Å². The summed E-state index contributed by atoms with van der Waals surface area (Å²) in [5.74, 6) is 0.494. The zero-order chi connectivity index (χ0) is 14.4. The molecule has 0 radical (unpaired) electrons. The number of hydrogen-bond donors (Lipinski definition) is 2. The third-order valence-corrected chi connectivity index (χ3v) is 2.38. The first-order valence-electron chi connectivity index (χ1n) is 5.89. The van der Waals surface area contributed by atoms with Crippen LogP contribution in [0, 0.1) is 10.1 Å². The molecule has 1 rings (SSSR count). The van der Waals surface area contributed by atoms with Crippen molar-refractivity contribution in [2.75, 3.05) is 13.1 Å². The Morgan fingerprint density at radius 2 is 1.43 bits per heavy atom. The lowest BCUT2D eigenvalue weighted by atomic mass is 10.1. The van der Waals surface area contributed by atoms with E-state index in [1.54, 1.807) is 6.07 Å². The normalized spacial score (nSPS) is 11.3. The zero-order valence-electron chi connectivity index (χ0n) is 11.8. The van der Waals surface area contributed by atoms with Gasteiger partial charge in [0.05, 0.1) is 4.92 Å². The van der Waals surface area contributed by atoms with Crippen molar-refractivity contribution in [2.24, 2.45) is 21.5 Å². The lowest BCUT2D eigenvalue weighted by Gasteiger charge is -2.05. The molecular formula is C12H19Cl2N5O2. The van der Waals surface area contributed by atoms with Gasteiger partial charge in [0, 0.05) is 36.3 Å². The Bertz CT molecular complexity index is 508. The molecule has 1 aromatic carbocycles. The van der Waals surface area contributed by atoms with E-state index in [-0.39, 0.29) is 42.2 Å². The molecule has 1 aromatic rings. The van der Waals surface area contributed by atoms with E-state index in [0.29, 0.717) is 24.2 Å². The highest BCUT2D eigenvalue weighted by Gasteiger charge is 2.13. The van der Waals surface area contributed by atoms with Gasteiger partial charge in [-0.05, 0) is 19.9 Å². The fraction of sp³-hybridized carbons (Fsp3) is 0.333. The highest BCUT2D eigenvalue weighted by molar-refractivity contribution is 6.03. The molecule has 0 spiro atoms. The van der Waals surface area contributed by atoms with Crippen LogP contribution in [0.3, 0.4) is 0 Å². The van der Waals surface area contributed by atoms with Gasteiger partial charge in [-0.3, -0.25) is 20.1 Å². The molecule has 7 nitrogen and oxygen atoms in total. The van der Waals surface area contributed by atoms with E-state index >= 15 is 0 Å². The molecule has 0 amide bonds. The summed E-state index contributed by atoms with van der Waals surface area (Å²) in [7, 11) is 0. The third kappa shape index (κ3) is 5.97. The number of nitro benzene ring substituents is 1. The summed E-state index contributed by atoms with van der Waals surface area (Å²) < 4.78 is 0. The molecule has 0 atom stereocenters. The van der Waals surface area contributed by atoms with Crippen LogP contribution >= 0.6 is 24.8 Å². The van der Waals surface area contributed by atoms with Crippen molar-refractivity contribution in [1.29, 1.82) is 0 Å². The Labute approximate surface area is 135 Å². The molecule has 0 saturated carbocycles. The lowest BCUT2D eigenvalue weighted by molar-refractivity contribution is -0.384. The number of amidine groups is 2. The van der Waals surface area contributed by atoms with Gasteiger partial charge in [-0.2, -0.15) is 0 Å². The molecule has 0 aromatic heterocycles. The van der Waals surface area contributed by atoms with Crippen LogP contribution in [-0.2, 0) is 0 Å². The first-order valence-corrected chi connectivity index (χ1v) is 5.89. The monoisotopic (exact) mass is 335 g/mol. The number of nitrogens with zero attached hydrogens (tertiary/aromatic N) is 3. The van der Waals surface area contributed by atoms with Gasteiger partial charge in [-0.25, -0.2) is 0 Å². The largest absolute Gasteiger partial charge is 0.384 e. The van der Waals surface area contributed by atoms with Crippen molar-refractivity contribution >= 4 is 42.2 Å². The Kier molecular flexibility index (Phi) is 10.2. The van der Waals surface area contributed by atoms with Crippen molar-refractivity contribution in [1.82, 2.24) is 0 Å². The molecule has 0 fully saturated rings. The molecule has 0 unspecified atom stereocenters. The number of hydrogen-bond acceptors (Lipinski definition) is 4. The zero-order valence-corrected chi connectivity index (χ0v) is 13.4. The molecule has 118 valence electrons. The van der Waals surface area contributed by atoms with Crippen LogP contribution in [0.15, 0.2) is 28.2 Å². The van der Waals surface area contributed by atoms with E-state index in [4.69, 9.17) is 11.5 Å². The number of nitrogens with two attached hydrogens (primary N) is 2. The van der Waals surface area contributed by atoms with Crippen LogP contribution in [-0.4, -0.2) is 29.7 Å². The summed E-state index contributed by atoms with van der Waals surface area (Å²) in [5, 5.41) is 10.9. The molecule has 0 heterocycles. The second kappa shape index (κ2) is 9.95. The summed E-state index contributed by atoms with van der Waals surface area (Å²) in [6, 6.07) is 4.39. The van der Waals surface area contributed by atoms with E-state index in [2.05, 4.69) is 9.98 Å². The number of benzene rings is 1. The van der Waals surface area contributed by atoms with Gasteiger partial charge in [0.1, 0.15) is 11.7 Å². The summed E-state index contributed by atoms with van der Waals surface area (Å²) in [6.07, 6.45) is 0. The van der Waals surface area contributed by atoms with E-state index in [9.17, 15) is 10.1 Å². The Balaban J connectivity index is 0. The van der Waals surface area contributed by atoms with Gasteiger partial charge in [0.15, 0.2) is 0 Å². The predicted octanol–water partition coefficient (Wildman–Crippen LogP) is 1.89. The Morgan fingerprint density at radius 3 is 1.71 bits per heavy atom. The maximum atomic E-state index is 10.9. The van der Waals surface area contributed by atoms with E-state index in [0.717, 1.165) is 0 Å². The van der Waals surface area contributed by atoms with E-state index < -0.39 is 4.92 Å². The molecule has 9 heteroatoms. The van der Waals surface area contributed by atoms with Crippen molar-refractivity contribution < 1.29 is 4.92 Å². The minimum Gasteiger partial charge on any atom is -0.384 e. The molecule has 0 aliphatic carbocycles. The van der Waals surface area contributed by atoms with Crippen LogP contribution in [0.1, 0.15) is 25.0 Å². The predicted molar refractivity (Wildman–Crippen MR) is 90.1 cm³/mol. The Hall–Kier alpha value is -1.86. The molecule has 21 heavy (non-hydrogen) atoms. The summed E-state index contributed by atoms with van der Waals surface area (Å²) in [4.78, 5) is 18.5. The first kappa shape index (κ1) is 21.4. The maximum Gasteiger partial charge on any atom is 0.270 e. The number of halogens is 2. The first-order chi connectivity index (χ1) is 8.99. The quantitative estimate of drug-likeness (QED) is 0.369. The molecule has 0 bridgehead atoms. The smallest absolute Gasteiger partial charge is 0.270 e. The van der Waals surface area contributed by atoms with Crippen LogP contribution in [0.25, 0.3) is 0 Å². The Morgan fingerprint density at radius 1 is 1.05 bits per heavy atom. The van der Waals surface area contributed by atoms with E-state index in [1.807, 2.05) is 13.8 Å². The topological polar surface area (TPSA) is 120 Å². The van der Waals surface area contributed by atoms with Gasteiger partial charge < -0.3 is 11.5 Å². The molecular weight excluding hydrogens is 317 g/mol. The van der Waals surface area contributed by atoms with Gasteiger partial charge in [0.25, 0.3) is 5.69 Å². The van der Waals surface area contributed by atoms with Crippen molar-refractivity contribution in [3.8, 4) is 0 Å². The minimum absolute atomic E-state index is 0. The highest BCUT2D eigenvalue weighted by Crippen LogP contribution is 2.17. The molecule has 4 N–H and O–H groups in total. The fourth-order valence-corrected chi connectivity index (χ4v) is 1.54. The van der Waals surface area contributed by atoms with Crippen LogP contribution in [0.2, 0.25) is 0 Å². The molecule has 0 aliphatic heterocycles.